The molecule has 0 fully saturated rings. The van der Waals surface area contributed by atoms with Gasteiger partial charge in [-0.25, -0.2) is 0 Å². The maximum absolute atomic E-state index is 9.35. The van der Waals surface area contributed by atoms with Gasteiger partial charge in [-0.15, -0.1) is 4.91 Å². The fourth-order valence-electron chi connectivity index (χ4n) is 0.0248. The summed E-state index contributed by atoms with van der Waals surface area (Å²) in [6.45, 7) is 1.56. The number of nitrogens with zero attached hydrogens (tertiary/aromatic N) is 1. The van der Waals surface area contributed by atoms with E-state index < -0.39 is 6.23 Å². The lowest BCUT2D eigenvalue weighted by molar-refractivity contribution is 0.273. The molecule has 0 aromatic heterocycles. The van der Waals surface area contributed by atoms with Gasteiger partial charge in [0.1, 0.15) is 0 Å². The Bertz CT molecular complexity index is 48.8. The quantitative estimate of drug-likeness (QED) is 0.388. The van der Waals surface area contributed by atoms with Crippen LogP contribution in [0.25, 0.3) is 0 Å². The molecule has 0 aliphatic carbocycles. The minimum Gasteiger partial charge on any atom is -0.337 e. The predicted molar refractivity (Wildman–Crippen MR) is 26.1 cm³/mol. The molecule has 0 amide bonds. The monoisotopic (exact) mass is 107 g/mol. The maximum atomic E-state index is 9.35. The molecule has 3 nitrogen and oxygen atoms in total. The van der Waals surface area contributed by atoms with E-state index in [9.17, 15) is 4.91 Å². The summed E-state index contributed by atoms with van der Waals surface area (Å²) in [5.41, 5.74) is 0. The van der Waals surface area contributed by atoms with Crippen molar-refractivity contribution in [2.75, 3.05) is 0 Å². The molecule has 0 saturated heterocycles. The van der Waals surface area contributed by atoms with Gasteiger partial charge >= 0.3 is 0 Å². The number of rotatable bonds is 2. The van der Waals surface area contributed by atoms with Gasteiger partial charge in [0.25, 0.3) is 0 Å². The van der Waals surface area contributed by atoms with E-state index in [1.54, 1.807) is 6.92 Å². The molecule has 2 unspecified atom stereocenters. The zero-order valence-electron chi connectivity index (χ0n) is 3.42. The van der Waals surface area contributed by atoms with Crippen molar-refractivity contribution in [2.24, 2.45) is 5.18 Å². The first-order valence-corrected chi connectivity index (χ1v) is 1.96. The van der Waals surface area contributed by atoms with Crippen LogP contribution >= 0.6 is 9.47 Å². The van der Waals surface area contributed by atoms with Crippen molar-refractivity contribution in [3.8, 4) is 0 Å². The van der Waals surface area contributed by atoms with Crippen LogP contribution in [-0.2, 0) is 4.52 Å². The van der Waals surface area contributed by atoms with Gasteiger partial charge in [0.2, 0.25) is 0 Å². The van der Waals surface area contributed by atoms with Gasteiger partial charge in [-0.05, 0) is 12.1 Å². The van der Waals surface area contributed by atoms with Crippen molar-refractivity contribution in [1.82, 2.24) is 0 Å². The van der Waals surface area contributed by atoms with Gasteiger partial charge in [0.15, 0.2) is 6.23 Å². The third-order valence-corrected chi connectivity index (χ3v) is 0.739. The molecular formula is C2H6NO2P. The highest BCUT2D eigenvalue weighted by molar-refractivity contribution is 7.09. The molecule has 0 spiro atoms. The molecule has 0 N–H and O–H groups in total. The molecule has 2 atom stereocenters. The normalized spacial score (nSPS) is 13.7. The third-order valence-electron chi connectivity index (χ3n) is 0.345. The Morgan fingerprint density at radius 2 is 2.50 bits per heavy atom. The fraction of sp³-hybridized carbons (Fsp3) is 1.00. The Hall–Kier alpha value is -0.0100. The highest BCUT2D eigenvalue weighted by atomic mass is 31.0. The van der Waals surface area contributed by atoms with Crippen molar-refractivity contribution in [2.45, 2.75) is 13.2 Å². The van der Waals surface area contributed by atoms with Crippen LogP contribution in [0, 0.1) is 4.91 Å². The van der Waals surface area contributed by atoms with Crippen molar-refractivity contribution in [3.05, 3.63) is 4.91 Å². The van der Waals surface area contributed by atoms with Gasteiger partial charge in [0, 0.05) is 9.47 Å². The largest absolute Gasteiger partial charge is 0.337 e. The molecule has 0 radical (unpaired) electrons. The summed E-state index contributed by atoms with van der Waals surface area (Å²) in [6.07, 6.45) is -0.532. The predicted octanol–water partition coefficient (Wildman–Crippen LogP) is 0.905. The van der Waals surface area contributed by atoms with E-state index in [0.29, 0.717) is 0 Å². The Morgan fingerprint density at radius 1 is 2.00 bits per heavy atom. The summed E-state index contributed by atoms with van der Waals surface area (Å²) in [5.74, 6) is 0. The maximum Gasteiger partial charge on any atom is 0.189 e. The van der Waals surface area contributed by atoms with E-state index in [4.69, 9.17) is 0 Å². The molecule has 0 saturated carbocycles. The van der Waals surface area contributed by atoms with Crippen LogP contribution in [0.5, 0.6) is 0 Å². The van der Waals surface area contributed by atoms with E-state index in [0.717, 1.165) is 0 Å². The highest BCUT2D eigenvalue weighted by Gasteiger charge is 1.90. The van der Waals surface area contributed by atoms with Gasteiger partial charge in [0.05, 0.1) is 0 Å². The fourth-order valence-corrected chi connectivity index (χ4v) is 0.0745. The summed E-state index contributed by atoms with van der Waals surface area (Å²) in [7, 11) is 1.95. The van der Waals surface area contributed by atoms with Crippen LogP contribution < -0.4 is 0 Å². The first kappa shape index (κ1) is 5.99. The zero-order valence-corrected chi connectivity index (χ0v) is 4.57. The second kappa shape index (κ2) is 3.19. The minimum atomic E-state index is -0.532. The molecule has 6 heavy (non-hydrogen) atoms. The van der Waals surface area contributed by atoms with Crippen LogP contribution in [0.15, 0.2) is 5.18 Å². The average Bonchev–Trinajstić information content (AvgIpc) is 1.65. The summed E-state index contributed by atoms with van der Waals surface area (Å²) >= 11 is 0. The molecule has 0 rings (SSSR count). The standard InChI is InChI=1S/C2H6NO2P/c1-2(3-4)5-6/h2H,6H2,1H3. The first-order chi connectivity index (χ1) is 2.81. The lowest BCUT2D eigenvalue weighted by Gasteiger charge is -1.91. The molecule has 0 aromatic carbocycles. The van der Waals surface area contributed by atoms with Crippen molar-refractivity contribution >= 4 is 9.47 Å². The van der Waals surface area contributed by atoms with E-state index in [1.807, 2.05) is 9.47 Å². The molecule has 0 heterocycles. The third kappa shape index (κ3) is 2.24. The van der Waals surface area contributed by atoms with E-state index >= 15 is 0 Å². The van der Waals surface area contributed by atoms with Crippen molar-refractivity contribution in [1.29, 1.82) is 0 Å². The second-order valence-electron chi connectivity index (χ2n) is 0.841. The smallest absolute Gasteiger partial charge is 0.189 e. The Balaban J connectivity index is 2.96. The summed E-state index contributed by atoms with van der Waals surface area (Å²) in [6, 6.07) is 0. The van der Waals surface area contributed by atoms with Crippen molar-refractivity contribution < 1.29 is 4.52 Å². The van der Waals surface area contributed by atoms with Gasteiger partial charge in [-0.3, -0.25) is 0 Å². The average molecular weight is 107 g/mol. The summed E-state index contributed by atoms with van der Waals surface area (Å²) in [4.78, 5) is 9.35. The Morgan fingerprint density at radius 3 is 2.50 bits per heavy atom. The van der Waals surface area contributed by atoms with Crippen LogP contribution in [0.2, 0.25) is 0 Å². The topological polar surface area (TPSA) is 38.7 Å². The highest BCUT2D eigenvalue weighted by Crippen LogP contribution is 1.94. The summed E-state index contributed by atoms with van der Waals surface area (Å²) < 4.78 is 4.34. The lowest BCUT2D eigenvalue weighted by atomic mass is 10.7. The zero-order chi connectivity index (χ0) is 4.99. The molecule has 36 valence electrons. The Kier molecular flexibility index (Phi) is 3.19. The van der Waals surface area contributed by atoms with Crippen molar-refractivity contribution in [3.63, 3.8) is 0 Å². The van der Waals surface area contributed by atoms with Gasteiger partial charge in [-0.1, -0.05) is 0 Å². The van der Waals surface area contributed by atoms with E-state index in [2.05, 4.69) is 9.70 Å². The first-order valence-electron chi connectivity index (χ1n) is 1.49. The lowest BCUT2D eigenvalue weighted by Crippen LogP contribution is -1.91. The summed E-state index contributed by atoms with van der Waals surface area (Å²) in [5, 5.41) is 2.51. The SMILES string of the molecule is CC(N=O)OP. The molecule has 0 aromatic rings. The molecule has 0 aliphatic rings. The second-order valence-corrected chi connectivity index (χ2v) is 1.11. The van der Waals surface area contributed by atoms with Crippen LogP contribution in [-0.4, -0.2) is 6.23 Å². The van der Waals surface area contributed by atoms with Crippen LogP contribution in [0.1, 0.15) is 6.92 Å². The Labute approximate surface area is 38.3 Å². The van der Waals surface area contributed by atoms with Gasteiger partial charge in [-0.2, -0.15) is 0 Å². The van der Waals surface area contributed by atoms with Crippen LogP contribution in [0.3, 0.4) is 0 Å². The molecule has 4 heteroatoms. The number of hydrogen-bond donors (Lipinski definition) is 0. The van der Waals surface area contributed by atoms with Gasteiger partial charge < -0.3 is 4.52 Å². The minimum absolute atomic E-state index is 0.532. The molecule has 0 aliphatic heterocycles. The van der Waals surface area contributed by atoms with Crippen LogP contribution in [0.4, 0.5) is 0 Å². The van der Waals surface area contributed by atoms with E-state index in [1.165, 1.54) is 0 Å². The molecule has 0 bridgehead atoms. The number of nitroso groups, excluding NO2 is 1. The van der Waals surface area contributed by atoms with E-state index in [-0.39, 0.29) is 0 Å². The number of hydrogen-bond acceptors (Lipinski definition) is 3. The molecular weight excluding hydrogens is 101 g/mol.